The third-order valence-corrected chi connectivity index (χ3v) is 12.3. The fourth-order valence-electron chi connectivity index (χ4n) is 8.75. The summed E-state index contributed by atoms with van der Waals surface area (Å²) in [6.07, 6.45) is 0. The zero-order chi connectivity index (χ0) is 34.6. The van der Waals surface area contributed by atoms with Crippen LogP contribution >= 0.6 is 11.3 Å². The largest absolute Gasteiger partial charge is 0.456 e. The van der Waals surface area contributed by atoms with Crippen LogP contribution in [0.3, 0.4) is 0 Å². The van der Waals surface area contributed by atoms with Crippen LogP contribution in [0.25, 0.3) is 119 Å². The standard InChI is InChI=1S/C50H28O2S/c1-2-12-30(13-3-1)44-28-32-27-40(49-48(50(32)53-44)38-19-9-11-21-42(38)52-49)46-35-16-6-4-14-33(35)45(34-15-5-7-17-36(34)46)31-23-22-29-24-25-43-47(39(29)26-31)37-18-8-10-20-41(37)51-43/h1-28H. The minimum atomic E-state index is 0.908. The molecule has 246 valence electrons. The van der Waals surface area contributed by atoms with E-state index in [9.17, 15) is 0 Å². The van der Waals surface area contributed by atoms with Gasteiger partial charge in [-0.05, 0) is 90.8 Å². The van der Waals surface area contributed by atoms with Gasteiger partial charge in [-0.2, -0.15) is 0 Å². The molecular formula is C50H28O2S. The lowest BCUT2D eigenvalue weighted by molar-refractivity contribution is 0.669. The van der Waals surface area contributed by atoms with E-state index in [0.29, 0.717) is 0 Å². The molecule has 0 spiro atoms. The van der Waals surface area contributed by atoms with Gasteiger partial charge in [-0.1, -0.05) is 133 Å². The Morgan fingerprint density at radius 3 is 1.66 bits per heavy atom. The molecule has 3 heterocycles. The minimum absolute atomic E-state index is 0.908. The smallest absolute Gasteiger partial charge is 0.144 e. The molecule has 9 aromatic carbocycles. The lowest BCUT2D eigenvalue weighted by atomic mass is 9.85. The molecule has 53 heavy (non-hydrogen) atoms. The fourth-order valence-corrected chi connectivity index (χ4v) is 9.95. The zero-order valence-corrected chi connectivity index (χ0v) is 29.2. The van der Waals surface area contributed by atoms with Gasteiger partial charge >= 0.3 is 0 Å². The van der Waals surface area contributed by atoms with Crippen LogP contribution in [0, 0.1) is 0 Å². The summed E-state index contributed by atoms with van der Waals surface area (Å²) in [5.41, 5.74) is 9.62. The first-order valence-electron chi connectivity index (χ1n) is 18.0. The summed E-state index contributed by atoms with van der Waals surface area (Å²) >= 11 is 1.85. The van der Waals surface area contributed by atoms with Crippen molar-refractivity contribution in [3.63, 3.8) is 0 Å². The molecule has 0 saturated heterocycles. The van der Waals surface area contributed by atoms with Crippen LogP contribution in [-0.4, -0.2) is 0 Å². The van der Waals surface area contributed by atoms with E-state index in [1.165, 1.54) is 74.9 Å². The number of hydrogen-bond acceptors (Lipinski definition) is 3. The molecule has 12 rings (SSSR count). The average molecular weight is 693 g/mol. The second kappa shape index (κ2) is 10.9. The quantitative estimate of drug-likeness (QED) is 0.172. The van der Waals surface area contributed by atoms with Gasteiger partial charge in [0.15, 0.2) is 0 Å². The predicted molar refractivity (Wildman–Crippen MR) is 225 cm³/mol. The number of para-hydroxylation sites is 2. The van der Waals surface area contributed by atoms with E-state index in [-0.39, 0.29) is 0 Å². The third kappa shape index (κ3) is 4.14. The Bertz CT molecular complexity index is 3390. The second-order valence-corrected chi connectivity index (χ2v) is 15.0. The lowest BCUT2D eigenvalue weighted by Gasteiger charge is -2.18. The number of furan rings is 2. The van der Waals surface area contributed by atoms with Crippen molar-refractivity contribution in [1.82, 2.24) is 0 Å². The molecule has 3 heteroatoms. The highest BCUT2D eigenvalue weighted by atomic mass is 32.1. The van der Waals surface area contributed by atoms with E-state index in [2.05, 4.69) is 164 Å². The van der Waals surface area contributed by atoms with Crippen LogP contribution in [0.4, 0.5) is 0 Å². The maximum Gasteiger partial charge on any atom is 0.144 e. The summed E-state index contributed by atoms with van der Waals surface area (Å²) in [7, 11) is 0. The molecule has 0 atom stereocenters. The van der Waals surface area contributed by atoms with Crippen LogP contribution in [0.1, 0.15) is 0 Å². The van der Waals surface area contributed by atoms with Crippen molar-refractivity contribution in [1.29, 1.82) is 0 Å². The molecule has 0 saturated carbocycles. The Labute approximate surface area is 307 Å². The number of fused-ring (bicyclic) bond motifs is 12. The van der Waals surface area contributed by atoms with Gasteiger partial charge in [0, 0.05) is 42.2 Å². The number of thiophene rings is 1. The first-order valence-corrected chi connectivity index (χ1v) is 18.8. The SMILES string of the molecule is c1ccc(-c2cc3cc(-c4c5ccccc5c(-c5ccc6ccc7oc8ccccc8c7c6c5)c5ccccc45)c4oc5ccccc5c4c3s2)cc1. The normalized spacial score (nSPS) is 12.2. The number of rotatable bonds is 3. The monoisotopic (exact) mass is 692 g/mol. The van der Waals surface area contributed by atoms with Gasteiger partial charge in [-0.25, -0.2) is 0 Å². The van der Waals surface area contributed by atoms with Crippen molar-refractivity contribution in [2.45, 2.75) is 0 Å². The topological polar surface area (TPSA) is 26.3 Å². The molecule has 0 N–H and O–H groups in total. The van der Waals surface area contributed by atoms with Gasteiger partial charge < -0.3 is 8.83 Å². The van der Waals surface area contributed by atoms with Crippen LogP contribution < -0.4 is 0 Å². The summed E-state index contributed by atoms with van der Waals surface area (Å²) in [5, 5.41) is 13.1. The molecule has 0 aliphatic heterocycles. The second-order valence-electron chi connectivity index (χ2n) is 13.9. The molecule has 2 nitrogen and oxygen atoms in total. The van der Waals surface area contributed by atoms with E-state index < -0.39 is 0 Å². The molecule has 0 radical (unpaired) electrons. The highest BCUT2D eigenvalue weighted by Crippen LogP contribution is 2.50. The Morgan fingerprint density at radius 2 is 0.943 bits per heavy atom. The summed E-state index contributed by atoms with van der Waals surface area (Å²) in [5.74, 6) is 0. The van der Waals surface area contributed by atoms with Crippen molar-refractivity contribution < 1.29 is 8.83 Å². The third-order valence-electron chi connectivity index (χ3n) is 11.0. The first kappa shape index (κ1) is 29.0. The first-order chi connectivity index (χ1) is 26.3. The van der Waals surface area contributed by atoms with Gasteiger partial charge in [0.25, 0.3) is 0 Å². The van der Waals surface area contributed by atoms with Crippen LogP contribution in [0.2, 0.25) is 0 Å². The van der Waals surface area contributed by atoms with Gasteiger partial charge in [0.2, 0.25) is 0 Å². The summed E-state index contributed by atoms with van der Waals surface area (Å²) in [4.78, 5) is 1.25. The molecule has 3 aromatic heterocycles. The minimum Gasteiger partial charge on any atom is -0.456 e. The van der Waals surface area contributed by atoms with Crippen LogP contribution in [-0.2, 0) is 0 Å². The van der Waals surface area contributed by atoms with Gasteiger partial charge in [-0.3, -0.25) is 0 Å². The van der Waals surface area contributed by atoms with E-state index >= 15 is 0 Å². The van der Waals surface area contributed by atoms with Crippen molar-refractivity contribution in [2.75, 3.05) is 0 Å². The van der Waals surface area contributed by atoms with Gasteiger partial charge in [0.05, 0.1) is 0 Å². The molecule has 0 aliphatic rings. The molecule has 0 bridgehead atoms. The Kier molecular flexibility index (Phi) is 5.96. The fraction of sp³-hybridized carbons (Fsp3) is 0. The van der Waals surface area contributed by atoms with Crippen LogP contribution in [0.15, 0.2) is 179 Å². The van der Waals surface area contributed by atoms with E-state index in [4.69, 9.17) is 8.83 Å². The van der Waals surface area contributed by atoms with Gasteiger partial charge in [-0.15, -0.1) is 11.3 Å². The van der Waals surface area contributed by atoms with Crippen molar-refractivity contribution >= 4 is 97.6 Å². The Hall–Kier alpha value is -6.68. The van der Waals surface area contributed by atoms with E-state index in [0.717, 1.165) is 44.1 Å². The highest BCUT2D eigenvalue weighted by Gasteiger charge is 2.23. The Balaban J connectivity index is 1.19. The summed E-state index contributed by atoms with van der Waals surface area (Å²) in [6.45, 7) is 0. The van der Waals surface area contributed by atoms with Gasteiger partial charge in [0.1, 0.15) is 22.3 Å². The number of benzene rings is 9. The average Bonchev–Trinajstić information content (AvgIpc) is 3.93. The summed E-state index contributed by atoms with van der Waals surface area (Å²) < 4.78 is 14.5. The predicted octanol–water partition coefficient (Wildman–Crippen LogP) is 15.2. The van der Waals surface area contributed by atoms with E-state index in [1.807, 2.05) is 17.4 Å². The molecule has 0 fully saturated rings. The molecule has 0 aliphatic carbocycles. The van der Waals surface area contributed by atoms with Crippen molar-refractivity contribution in [3.8, 4) is 32.7 Å². The molecular weight excluding hydrogens is 665 g/mol. The van der Waals surface area contributed by atoms with Crippen molar-refractivity contribution in [2.24, 2.45) is 0 Å². The maximum atomic E-state index is 6.89. The number of hydrogen-bond donors (Lipinski definition) is 0. The molecule has 0 unspecified atom stereocenters. The van der Waals surface area contributed by atoms with Crippen LogP contribution in [0.5, 0.6) is 0 Å². The van der Waals surface area contributed by atoms with E-state index in [1.54, 1.807) is 0 Å². The lowest BCUT2D eigenvalue weighted by Crippen LogP contribution is -1.91. The molecule has 12 aromatic rings. The molecule has 0 amide bonds. The highest BCUT2D eigenvalue weighted by molar-refractivity contribution is 7.23. The Morgan fingerprint density at radius 1 is 0.358 bits per heavy atom. The maximum absolute atomic E-state index is 6.89. The zero-order valence-electron chi connectivity index (χ0n) is 28.4. The summed E-state index contributed by atoms with van der Waals surface area (Å²) in [6, 6.07) is 61.2. The van der Waals surface area contributed by atoms with Crippen molar-refractivity contribution in [3.05, 3.63) is 170 Å².